The lowest BCUT2D eigenvalue weighted by molar-refractivity contribution is -0.192. The summed E-state index contributed by atoms with van der Waals surface area (Å²) in [5, 5.41) is 34.0. The van der Waals surface area contributed by atoms with Gasteiger partial charge in [0.25, 0.3) is 0 Å². The molecule has 4 N–H and O–H groups in total. The van der Waals surface area contributed by atoms with Crippen LogP contribution in [-0.4, -0.2) is 84.6 Å². The average Bonchev–Trinajstić information content (AvgIpc) is 3.60. The molecule has 5 rings (SSSR count). The third kappa shape index (κ3) is 6.57. The first-order valence-electron chi connectivity index (χ1n) is 12.3. The minimum atomic E-state index is -5.08. The zero-order valence-corrected chi connectivity index (χ0v) is 23.0. The Bertz CT molecular complexity index is 1810. The Morgan fingerprint density at radius 3 is 2.37 bits per heavy atom. The first-order chi connectivity index (χ1) is 20.2. The smallest absolute Gasteiger partial charge is 0.478 e. The number of halogens is 3. The molecule has 1 saturated heterocycles. The Morgan fingerprint density at radius 1 is 1.16 bits per heavy atom. The minimum Gasteiger partial charge on any atom is -0.478 e. The number of alkyl halides is 3. The number of hydrogen-bond acceptors (Lipinski definition) is 9. The maximum atomic E-state index is 12.2. The number of hydrogen-bond donors (Lipinski definition) is 4. The predicted octanol–water partition coefficient (Wildman–Crippen LogP) is 3.17. The van der Waals surface area contributed by atoms with Gasteiger partial charge in [0.15, 0.2) is 0 Å². The number of aromatic carboxylic acids is 1. The van der Waals surface area contributed by atoms with Crippen LogP contribution in [0.2, 0.25) is 0 Å². The van der Waals surface area contributed by atoms with Crippen LogP contribution in [0, 0.1) is 11.3 Å². The summed E-state index contributed by atoms with van der Waals surface area (Å²) in [6, 6.07) is 10.2. The fourth-order valence-electron chi connectivity index (χ4n) is 4.22. The van der Waals surface area contributed by atoms with Crippen LogP contribution in [0.5, 0.6) is 0 Å². The van der Waals surface area contributed by atoms with E-state index in [0.717, 1.165) is 5.39 Å². The normalized spacial score (nSPS) is 14.7. The van der Waals surface area contributed by atoms with Gasteiger partial charge in [-0.05, 0) is 37.3 Å². The van der Waals surface area contributed by atoms with Crippen molar-refractivity contribution in [3.05, 3.63) is 54.5 Å². The number of rotatable bonds is 8. The van der Waals surface area contributed by atoms with Crippen molar-refractivity contribution in [2.45, 2.75) is 25.1 Å². The third-order valence-corrected chi connectivity index (χ3v) is 8.27. The van der Waals surface area contributed by atoms with E-state index in [4.69, 9.17) is 15.0 Å². The molecule has 0 spiro atoms. The lowest BCUT2D eigenvalue weighted by Gasteiger charge is -2.47. The van der Waals surface area contributed by atoms with E-state index in [0.29, 0.717) is 28.5 Å². The van der Waals surface area contributed by atoms with Crippen LogP contribution in [0.15, 0.2) is 48.9 Å². The monoisotopic (exact) mass is 620 g/mol. The SMILES string of the molecule is CCS(=O)(=O)N1CC(CC#N)(n2cc(-c3nc(Nc4ccc(C(=O)O)cc4)nc4[nH]ccc34)cn2)C1.O=C(O)C(F)(F)F. The van der Waals surface area contributed by atoms with Gasteiger partial charge >= 0.3 is 18.1 Å². The Kier molecular flexibility index (Phi) is 8.41. The number of carboxylic acid groups (broad SMARTS) is 2. The standard InChI is InChI=1S/C23H22N8O4S.C2HF3O2/c1-2-36(34,35)30-13-23(14-30,8-9-24)31-12-16(11-26-31)19-18-7-10-25-20(18)29-22(28-19)27-17-5-3-15(4-6-17)21(32)33;3-2(4,5)1(6)7/h3-7,10-12H,2,8,13-14H2,1H3,(H,32,33)(H2,25,27,28,29);(H,6,7). The van der Waals surface area contributed by atoms with Gasteiger partial charge in [-0.2, -0.15) is 32.8 Å². The van der Waals surface area contributed by atoms with Crippen LogP contribution in [0.3, 0.4) is 0 Å². The van der Waals surface area contributed by atoms with E-state index in [1.165, 1.54) is 16.4 Å². The van der Waals surface area contributed by atoms with Gasteiger partial charge in [0, 0.05) is 42.1 Å². The van der Waals surface area contributed by atoms with Gasteiger partial charge in [0.05, 0.1) is 35.7 Å². The number of carbonyl (C=O) groups is 2. The summed E-state index contributed by atoms with van der Waals surface area (Å²) in [4.78, 5) is 32.2. The molecule has 4 heterocycles. The number of H-pyrrole nitrogens is 1. The average molecular weight is 621 g/mol. The van der Waals surface area contributed by atoms with Crippen molar-refractivity contribution in [1.82, 2.24) is 29.0 Å². The summed E-state index contributed by atoms with van der Waals surface area (Å²) >= 11 is 0. The summed E-state index contributed by atoms with van der Waals surface area (Å²) < 4.78 is 59.3. The van der Waals surface area contributed by atoms with E-state index in [1.807, 2.05) is 6.07 Å². The summed E-state index contributed by atoms with van der Waals surface area (Å²) in [6.45, 7) is 1.95. The molecule has 1 aliphatic rings. The summed E-state index contributed by atoms with van der Waals surface area (Å²) in [7, 11) is -3.35. The maximum Gasteiger partial charge on any atom is 0.490 e. The van der Waals surface area contributed by atoms with Crippen LogP contribution in [-0.2, 0) is 20.4 Å². The molecule has 18 heteroatoms. The van der Waals surface area contributed by atoms with Crippen LogP contribution in [0.4, 0.5) is 24.8 Å². The molecule has 4 aromatic rings. The van der Waals surface area contributed by atoms with Crippen LogP contribution in [0.25, 0.3) is 22.3 Å². The van der Waals surface area contributed by atoms with E-state index in [9.17, 15) is 31.6 Å². The molecule has 1 aromatic carbocycles. The van der Waals surface area contributed by atoms with Gasteiger partial charge in [-0.15, -0.1) is 0 Å². The van der Waals surface area contributed by atoms with Crippen molar-refractivity contribution in [1.29, 1.82) is 5.26 Å². The molecular formula is C25H23F3N8O6S. The maximum absolute atomic E-state index is 12.2. The predicted molar refractivity (Wildman–Crippen MR) is 145 cm³/mol. The van der Waals surface area contributed by atoms with Gasteiger partial charge in [-0.1, -0.05) is 0 Å². The zero-order chi connectivity index (χ0) is 31.6. The highest BCUT2D eigenvalue weighted by Gasteiger charge is 2.49. The van der Waals surface area contributed by atoms with Crippen molar-refractivity contribution in [3.63, 3.8) is 0 Å². The largest absolute Gasteiger partial charge is 0.490 e. The van der Waals surface area contributed by atoms with Gasteiger partial charge in [0.2, 0.25) is 16.0 Å². The third-order valence-electron chi connectivity index (χ3n) is 6.50. The second-order valence-electron chi connectivity index (χ2n) is 9.35. The molecule has 3 aromatic heterocycles. The number of sulfonamides is 1. The van der Waals surface area contributed by atoms with E-state index < -0.39 is 33.7 Å². The molecule has 0 amide bonds. The highest BCUT2D eigenvalue weighted by atomic mass is 32.2. The number of nitrogens with zero attached hydrogens (tertiary/aromatic N) is 6. The number of anilines is 2. The van der Waals surface area contributed by atoms with E-state index in [2.05, 4.69) is 31.4 Å². The summed E-state index contributed by atoms with van der Waals surface area (Å²) in [5.41, 5.74) is 1.91. The lowest BCUT2D eigenvalue weighted by Crippen LogP contribution is -2.64. The number of carboxylic acids is 2. The Hall–Kier alpha value is -5.02. The fourth-order valence-corrected chi connectivity index (χ4v) is 5.46. The lowest BCUT2D eigenvalue weighted by atomic mass is 9.89. The first-order valence-corrected chi connectivity index (χ1v) is 14.0. The van der Waals surface area contributed by atoms with Crippen molar-refractivity contribution in [3.8, 4) is 17.3 Å². The number of aliphatic carboxylic acids is 1. The number of nitriles is 1. The number of aromatic amines is 1. The van der Waals surface area contributed by atoms with Gasteiger partial charge in [-0.25, -0.2) is 23.0 Å². The quantitative estimate of drug-likeness (QED) is 0.225. The highest BCUT2D eigenvalue weighted by Crippen LogP contribution is 2.36. The van der Waals surface area contributed by atoms with Gasteiger partial charge < -0.3 is 20.5 Å². The van der Waals surface area contributed by atoms with Gasteiger partial charge in [0.1, 0.15) is 11.2 Å². The minimum absolute atomic E-state index is 0.00120. The first kappa shape index (κ1) is 30.9. The Balaban J connectivity index is 0.000000541. The van der Waals surface area contributed by atoms with E-state index >= 15 is 0 Å². The second kappa shape index (κ2) is 11.7. The van der Waals surface area contributed by atoms with E-state index in [1.54, 1.807) is 42.3 Å². The topological polar surface area (TPSA) is 207 Å². The Labute approximate surface area is 241 Å². The number of fused-ring (bicyclic) bond motifs is 1. The van der Waals surface area contributed by atoms with Gasteiger partial charge in [-0.3, -0.25) is 4.68 Å². The number of benzene rings is 1. The van der Waals surface area contributed by atoms with Crippen molar-refractivity contribution in [2.24, 2.45) is 0 Å². The molecule has 0 aliphatic carbocycles. The zero-order valence-electron chi connectivity index (χ0n) is 22.2. The second-order valence-corrected chi connectivity index (χ2v) is 11.6. The molecule has 0 unspecified atom stereocenters. The molecule has 1 fully saturated rings. The number of nitrogens with one attached hydrogen (secondary N) is 2. The van der Waals surface area contributed by atoms with Crippen molar-refractivity contribution >= 4 is 44.6 Å². The molecule has 0 saturated carbocycles. The van der Waals surface area contributed by atoms with Crippen LogP contribution in [0.1, 0.15) is 23.7 Å². The molecule has 1 aliphatic heterocycles. The van der Waals surface area contributed by atoms with Crippen LogP contribution < -0.4 is 5.32 Å². The molecule has 14 nitrogen and oxygen atoms in total. The van der Waals surface area contributed by atoms with Crippen molar-refractivity contribution < 1.29 is 41.4 Å². The highest BCUT2D eigenvalue weighted by molar-refractivity contribution is 7.89. The molecule has 226 valence electrons. The molecule has 43 heavy (non-hydrogen) atoms. The Morgan fingerprint density at radius 2 is 1.81 bits per heavy atom. The fraction of sp³-hybridized carbons (Fsp3) is 0.280. The summed E-state index contributed by atoms with van der Waals surface area (Å²) in [6.07, 6.45) is 0.186. The number of aromatic nitrogens is 5. The molecular weight excluding hydrogens is 597 g/mol. The van der Waals surface area contributed by atoms with E-state index in [-0.39, 0.29) is 30.8 Å². The molecule has 0 atom stereocenters. The van der Waals surface area contributed by atoms with Crippen LogP contribution >= 0.6 is 0 Å². The van der Waals surface area contributed by atoms with Crippen molar-refractivity contribution in [2.75, 3.05) is 24.2 Å². The summed E-state index contributed by atoms with van der Waals surface area (Å²) in [5.74, 6) is -3.47. The molecule has 0 bridgehead atoms. The molecule has 0 radical (unpaired) electrons.